The summed E-state index contributed by atoms with van der Waals surface area (Å²) in [6.07, 6.45) is 2.29. The average molecular weight is 296 g/mol. The maximum Gasteiger partial charge on any atom is 0.272 e. The van der Waals surface area contributed by atoms with Gasteiger partial charge in [0.1, 0.15) is 10.0 Å². The minimum atomic E-state index is -3.55. The molecule has 0 aliphatic heterocycles. The maximum absolute atomic E-state index is 12.0. The Morgan fingerprint density at radius 1 is 1.16 bits per heavy atom. The van der Waals surface area contributed by atoms with Gasteiger partial charge in [-0.1, -0.05) is 6.07 Å². The van der Waals surface area contributed by atoms with E-state index < -0.39 is 10.0 Å². The molecule has 0 bridgehead atoms. The molecule has 1 aliphatic carbocycles. The number of hydrogen-bond acceptors (Lipinski definition) is 6. The van der Waals surface area contributed by atoms with Crippen LogP contribution in [0.1, 0.15) is 12.8 Å². The van der Waals surface area contributed by atoms with Crippen LogP contribution in [0.5, 0.6) is 0 Å². The number of hydrogen-bond donors (Lipinski definition) is 2. The van der Waals surface area contributed by atoms with Crippen LogP contribution in [0.25, 0.3) is 0 Å². The van der Waals surface area contributed by atoms with E-state index in [0.717, 1.165) is 24.2 Å². The Balaban J connectivity index is 1.72. The zero-order valence-corrected chi connectivity index (χ0v) is 11.5. The molecule has 1 aliphatic rings. The molecule has 0 radical (unpaired) electrons. The van der Waals surface area contributed by atoms with Gasteiger partial charge < -0.3 is 5.32 Å². The zero-order valence-electron chi connectivity index (χ0n) is 9.91. The summed E-state index contributed by atoms with van der Waals surface area (Å²) in [6.45, 7) is 0. The quantitative estimate of drug-likeness (QED) is 0.880. The van der Waals surface area contributed by atoms with Crippen molar-refractivity contribution in [3.8, 4) is 0 Å². The van der Waals surface area contributed by atoms with Gasteiger partial charge in [-0.25, -0.2) is 8.42 Å². The summed E-state index contributed by atoms with van der Waals surface area (Å²) in [4.78, 5) is 0. The van der Waals surface area contributed by atoms with Gasteiger partial charge in [0.2, 0.25) is 0 Å². The lowest BCUT2D eigenvalue weighted by Gasteiger charge is -2.06. The standard InChI is InChI=1S/C11H12N4O2S2/c16-19(17,11-2-1-7-18-11)15-10-6-5-9(13-14-10)12-8-3-4-8/h1-2,5-8H,3-4H2,(H,12,13)(H,14,15). The summed E-state index contributed by atoms with van der Waals surface area (Å²) < 4.78 is 26.6. The summed E-state index contributed by atoms with van der Waals surface area (Å²) in [5.41, 5.74) is 0. The SMILES string of the molecule is O=S(=O)(Nc1ccc(NC2CC2)nn1)c1cccs1. The van der Waals surface area contributed by atoms with Gasteiger partial charge in [0.25, 0.3) is 10.0 Å². The Kier molecular flexibility index (Phi) is 3.11. The van der Waals surface area contributed by atoms with Crippen molar-refractivity contribution in [3.05, 3.63) is 29.6 Å². The lowest BCUT2D eigenvalue weighted by atomic mass is 10.5. The largest absolute Gasteiger partial charge is 0.366 e. The van der Waals surface area contributed by atoms with E-state index in [1.54, 1.807) is 29.6 Å². The highest BCUT2D eigenvalue weighted by Crippen LogP contribution is 2.24. The molecule has 0 spiro atoms. The Morgan fingerprint density at radius 2 is 1.89 bits per heavy atom. The van der Waals surface area contributed by atoms with Crippen LogP contribution in [0.2, 0.25) is 0 Å². The monoisotopic (exact) mass is 296 g/mol. The van der Waals surface area contributed by atoms with Crippen LogP contribution in [0.15, 0.2) is 33.9 Å². The van der Waals surface area contributed by atoms with E-state index in [0.29, 0.717) is 11.9 Å². The molecule has 0 aromatic carbocycles. The van der Waals surface area contributed by atoms with E-state index in [1.807, 2.05) is 0 Å². The smallest absolute Gasteiger partial charge is 0.272 e. The van der Waals surface area contributed by atoms with Crippen LogP contribution >= 0.6 is 11.3 Å². The highest BCUT2D eigenvalue weighted by atomic mass is 32.2. The maximum atomic E-state index is 12.0. The second kappa shape index (κ2) is 4.78. The van der Waals surface area contributed by atoms with E-state index in [4.69, 9.17) is 0 Å². The van der Waals surface area contributed by atoms with Crippen molar-refractivity contribution in [2.45, 2.75) is 23.1 Å². The molecule has 8 heteroatoms. The summed E-state index contributed by atoms with van der Waals surface area (Å²) >= 11 is 1.16. The third-order valence-corrected chi connectivity index (χ3v) is 5.34. The van der Waals surface area contributed by atoms with Gasteiger partial charge in [-0.05, 0) is 36.4 Å². The molecule has 2 aromatic rings. The Bertz CT molecular complexity index is 649. The minimum Gasteiger partial charge on any atom is -0.366 e. The number of anilines is 2. The van der Waals surface area contributed by atoms with Crippen molar-refractivity contribution in [1.82, 2.24) is 10.2 Å². The van der Waals surface area contributed by atoms with Crippen molar-refractivity contribution in [2.24, 2.45) is 0 Å². The van der Waals surface area contributed by atoms with E-state index in [1.165, 1.54) is 0 Å². The van der Waals surface area contributed by atoms with Crippen LogP contribution in [0, 0.1) is 0 Å². The van der Waals surface area contributed by atoms with E-state index in [2.05, 4.69) is 20.2 Å². The summed E-state index contributed by atoms with van der Waals surface area (Å²) in [7, 11) is -3.55. The lowest BCUT2D eigenvalue weighted by Crippen LogP contribution is -2.13. The van der Waals surface area contributed by atoms with E-state index >= 15 is 0 Å². The average Bonchev–Trinajstić information content (AvgIpc) is 3.01. The molecule has 3 rings (SSSR count). The molecule has 0 saturated heterocycles. The third kappa shape index (κ3) is 3.02. The fourth-order valence-electron chi connectivity index (χ4n) is 1.50. The number of thiophene rings is 1. The van der Waals surface area contributed by atoms with Crippen LogP contribution in [0.4, 0.5) is 11.6 Å². The van der Waals surface area contributed by atoms with Crippen molar-refractivity contribution in [3.63, 3.8) is 0 Å². The molecule has 2 aromatic heterocycles. The molecule has 100 valence electrons. The van der Waals surface area contributed by atoms with Gasteiger partial charge in [-0.3, -0.25) is 4.72 Å². The molecule has 0 amide bonds. The first-order valence-corrected chi connectivity index (χ1v) is 8.16. The summed E-state index contributed by atoms with van der Waals surface area (Å²) in [6, 6.07) is 7.04. The Morgan fingerprint density at radius 3 is 2.47 bits per heavy atom. The predicted octanol–water partition coefficient (Wildman–Crippen LogP) is 1.91. The highest BCUT2D eigenvalue weighted by molar-refractivity contribution is 7.94. The minimum absolute atomic E-state index is 0.217. The molecule has 6 nitrogen and oxygen atoms in total. The van der Waals surface area contributed by atoms with Gasteiger partial charge in [0, 0.05) is 6.04 Å². The lowest BCUT2D eigenvalue weighted by molar-refractivity contribution is 0.603. The number of sulfonamides is 1. The Hall–Kier alpha value is -1.67. The summed E-state index contributed by atoms with van der Waals surface area (Å²) in [5, 5.41) is 12.7. The molecule has 0 unspecified atom stereocenters. The van der Waals surface area contributed by atoms with Gasteiger partial charge in [-0.15, -0.1) is 21.5 Å². The molecule has 0 atom stereocenters. The van der Waals surface area contributed by atoms with Crippen molar-refractivity contribution in [1.29, 1.82) is 0 Å². The third-order valence-electron chi connectivity index (χ3n) is 2.59. The number of rotatable bonds is 5. The molecule has 1 fully saturated rings. The number of aromatic nitrogens is 2. The van der Waals surface area contributed by atoms with Crippen molar-refractivity contribution in [2.75, 3.05) is 10.0 Å². The Labute approximate surface area is 114 Å². The van der Waals surface area contributed by atoms with E-state index in [9.17, 15) is 8.42 Å². The first-order chi connectivity index (χ1) is 9.13. The first-order valence-electron chi connectivity index (χ1n) is 5.80. The fraction of sp³-hybridized carbons (Fsp3) is 0.273. The fourth-order valence-corrected chi connectivity index (χ4v) is 3.49. The van der Waals surface area contributed by atoms with Crippen molar-refractivity contribution < 1.29 is 8.42 Å². The van der Waals surface area contributed by atoms with Gasteiger partial charge in [0.05, 0.1) is 0 Å². The molecule has 1 saturated carbocycles. The van der Waals surface area contributed by atoms with Crippen LogP contribution in [-0.2, 0) is 10.0 Å². The predicted molar refractivity (Wildman–Crippen MR) is 73.8 cm³/mol. The zero-order chi connectivity index (χ0) is 13.3. The molecule has 2 N–H and O–H groups in total. The molecular formula is C11H12N4O2S2. The van der Waals surface area contributed by atoms with Gasteiger partial charge in [-0.2, -0.15) is 0 Å². The van der Waals surface area contributed by atoms with Gasteiger partial charge in [0.15, 0.2) is 5.82 Å². The molecule has 2 heterocycles. The van der Waals surface area contributed by atoms with Crippen LogP contribution in [-0.4, -0.2) is 24.7 Å². The first kappa shape index (κ1) is 12.4. The van der Waals surface area contributed by atoms with Gasteiger partial charge >= 0.3 is 0 Å². The number of nitrogens with one attached hydrogen (secondary N) is 2. The van der Waals surface area contributed by atoms with Crippen molar-refractivity contribution >= 4 is 33.0 Å². The molecular weight excluding hydrogens is 284 g/mol. The van der Waals surface area contributed by atoms with Crippen LogP contribution < -0.4 is 10.0 Å². The topological polar surface area (TPSA) is 84.0 Å². The summed E-state index contributed by atoms with van der Waals surface area (Å²) in [5.74, 6) is 0.885. The number of nitrogens with zero attached hydrogens (tertiary/aromatic N) is 2. The normalized spacial score (nSPS) is 15.2. The second-order valence-corrected chi connectivity index (χ2v) is 7.12. The molecule has 19 heavy (non-hydrogen) atoms. The van der Waals surface area contributed by atoms with Crippen LogP contribution in [0.3, 0.4) is 0 Å². The van der Waals surface area contributed by atoms with E-state index in [-0.39, 0.29) is 10.0 Å². The second-order valence-electron chi connectivity index (χ2n) is 4.26. The highest BCUT2D eigenvalue weighted by Gasteiger charge is 2.21.